The van der Waals surface area contributed by atoms with E-state index in [2.05, 4.69) is 22.4 Å². The van der Waals surface area contributed by atoms with Gasteiger partial charge in [0.1, 0.15) is 11.5 Å². The van der Waals surface area contributed by atoms with Crippen LogP contribution in [0.25, 0.3) is 10.2 Å². The van der Waals surface area contributed by atoms with Gasteiger partial charge in [0.25, 0.3) is 5.91 Å². The molecule has 4 aromatic rings. The maximum atomic E-state index is 12.6. The average molecular weight is 666 g/mol. The highest BCUT2D eigenvalue weighted by atomic mass is 127. The predicted octanol–water partition coefficient (Wildman–Crippen LogP) is 1.75. The molecule has 0 saturated carbocycles. The van der Waals surface area contributed by atoms with E-state index >= 15 is 0 Å². The van der Waals surface area contributed by atoms with E-state index in [0.29, 0.717) is 10.7 Å². The number of rotatable bonds is 6. The Bertz CT molecular complexity index is 1480. The number of carbonyl (C=O) groups is 1. The van der Waals surface area contributed by atoms with Crippen LogP contribution in [-0.2, 0) is 10.1 Å². The third-order valence-electron chi connectivity index (χ3n) is 4.47. The number of fused-ring (bicyclic) bond motifs is 1. The van der Waals surface area contributed by atoms with Crippen molar-refractivity contribution in [2.45, 2.75) is 5.51 Å². The Morgan fingerprint density at radius 2 is 1.46 bits per heavy atom. The van der Waals surface area contributed by atoms with Gasteiger partial charge in [-0.2, -0.15) is 13.2 Å². The van der Waals surface area contributed by atoms with E-state index in [1.807, 2.05) is 54.6 Å². The summed E-state index contributed by atoms with van der Waals surface area (Å²) in [5, 5.41) is 3.47. The van der Waals surface area contributed by atoms with Crippen LogP contribution in [0.3, 0.4) is 0 Å². The molecule has 4 rings (SSSR count). The average Bonchev–Trinajstić information content (AvgIpc) is 3.25. The van der Waals surface area contributed by atoms with Crippen LogP contribution in [0.15, 0.2) is 66.7 Å². The number of alkyl halides is 3. The molecule has 0 fully saturated rings. The number of benzene rings is 3. The molecule has 0 saturated heterocycles. The third-order valence-corrected chi connectivity index (χ3v) is 8.66. The molecule has 0 aliphatic rings. The quantitative estimate of drug-likeness (QED) is 0.189. The lowest BCUT2D eigenvalue weighted by Crippen LogP contribution is -3.61. The number of amides is 1. The minimum atomic E-state index is -6.09. The Balaban J connectivity index is 0.000000414. The SMILES string of the molecule is COc1ccc([I+]c2ccc(C(=O)Nc3nc4ccc(OC)cc4s3)cc2)cc1.O=S(=O)([O-])C(F)(F)F. The molecule has 1 aromatic heterocycles. The van der Waals surface area contributed by atoms with E-state index < -0.39 is 15.6 Å². The van der Waals surface area contributed by atoms with Crippen molar-refractivity contribution in [3.05, 3.63) is 79.4 Å². The fourth-order valence-electron chi connectivity index (χ4n) is 2.68. The summed E-state index contributed by atoms with van der Waals surface area (Å²) in [6.07, 6.45) is 0. The number of halogens is 4. The highest BCUT2D eigenvalue weighted by molar-refractivity contribution is 7.86. The van der Waals surface area contributed by atoms with E-state index in [0.717, 1.165) is 21.7 Å². The summed E-state index contributed by atoms with van der Waals surface area (Å²) in [7, 11) is -2.79. The van der Waals surface area contributed by atoms with E-state index in [-0.39, 0.29) is 27.1 Å². The maximum absolute atomic E-state index is 12.6. The summed E-state index contributed by atoms with van der Waals surface area (Å²) >= 11 is 1.13. The molecule has 37 heavy (non-hydrogen) atoms. The Hall–Kier alpha value is -2.95. The number of anilines is 1. The first-order chi connectivity index (χ1) is 17.4. The molecule has 14 heteroatoms. The molecule has 0 bridgehead atoms. The zero-order valence-corrected chi connectivity index (χ0v) is 22.9. The number of nitrogens with zero attached hydrogens (tertiary/aromatic N) is 1. The Morgan fingerprint density at radius 1 is 0.946 bits per heavy atom. The number of hydrogen-bond donors (Lipinski definition) is 1. The van der Waals surface area contributed by atoms with Gasteiger partial charge >= 0.3 is 26.7 Å². The zero-order chi connectivity index (χ0) is 27.2. The molecule has 0 unspecified atom stereocenters. The highest BCUT2D eigenvalue weighted by Crippen LogP contribution is 2.29. The fraction of sp³-hybridized carbons (Fsp3) is 0.130. The molecule has 1 amide bonds. The summed E-state index contributed by atoms with van der Waals surface area (Å²) in [5.74, 6) is 1.47. The second kappa shape index (κ2) is 12.1. The van der Waals surface area contributed by atoms with Gasteiger partial charge < -0.3 is 14.0 Å². The Morgan fingerprint density at radius 3 is 1.97 bits per heavy atom. The molecule has 8 nitrogen and oxygen atoms in total. The predicted molar refractivity (Wildman–Crippen MR) is 127 cm³/mol. The summed E-state index contributed by atoms with van der Waals surface area (Å²) in [5.41, 5.74) is -4.19. The summed E-state index contributed by atoms with van der Waals surface area (Å²) in [6, 6.07) is 21.6. The van der Waals surface area contributed by atoms with Gasteiger partial charge in [-0.05, 0) is 66.7 Å². The number of methoxy groups -OCH3 is 2. The standard InChI is InChI=1S/C22H17IN2O3S.CHF3O3S/c1-27-17-9-7-16(8-10-17)23-15-5-3-14(4-6-15)21(26)25-22-24-19-12-11-18(28-2)13-20(19)29-22;2-1(3,4)8(5,6)7/h3-13H,1-2H3;(H,5,6,7). The number of aromatic nitrogens is 1. The zero-order valence-electron chi connectivity index (χ0n) is 19.1. The number of ether oxygens (including phenoxy) is 2. The fourth-order valence-corrected chi connectivity index (χ4v) is 5.73. The number of thiazole rings is 1. The van der Waals surface area contributed by atoms with Crippen LogP contribution in [-0.4, -0.2) is 43.6 Å². The molecule has 0 radical (unpaired) electrons. The molecule has 1 heterocycles. The van der Waals surface area contributed by atoms with Crippen molar-refractivity contribution in [1.82, 2.24) is 4.98 Å². The van der Waals surface area contributed by atoms with E-state index in [9.17, 15) is 18.0 Å². The lowest BCUT2D eigenvalue weighted by molar-refractivity contribution is -0.597. The maximum Gasteiger partial charge on any atom is 0.485 e. The lowest BCUT2D eigenvalue weighted by atomic mass is 10.2. The van der Waals surface area contributed by atoms with Gasteiger partial charge in [-0.3, -0.25) is 10.1 Å². The number of hydrogen-bond acceptors (Lipinski definition) is 8. The first-order valence-electron chi connectivity index (χ1n) is 10.1. The topological polar surface area (TPSA) is 118 Å². The lowest BCUT2D eigenvalue weighted by Gasteiger charge is -2.08. The second-order valence-electron chi connectivity index (χ2n) is 6.97. The Labute approximate surface area is 224 Å². The van der Waals surface area contributed by atoms with Crippen molar-refractivity contribution in [2.24, 2.45) is 0 Å². The normalized spacial score (nSPS) is 11.4. The molecule has 0 atom stereocenters. The smallest absolute Gasteiger partial charge is 0.485 e. The first kappa shape index (κ1) is 28.6. The molecule has 0 aliphatic carbocycles. The van der Waals surface area contributed by atoms with Crippen LogP contribution in [0, 0.1) is 7.14 Å². The van der Waals surface area contributed by atoms with E-state index in [4.69, 9.17) is 22.4 Å². The molecule has 1 N–H and O–H groups in total. The van der Waals surface area contributed by atoms with Crippen LogP contribution in [0.4, 0.5) is 18.3 Å². The summed E-state index contributed by atoms with van der Waals surface area (Å²) in [4.78, 5) is 17.0. The minimum absolute atomic E-state index is 0.162. The van der Waals surface area contributed by atoms with Gasteiger partial charge in [-0.15, -0.1) is 0 Å². The van der Waals surface area contributed by atoms with E-state index in [1.54, 1.807) is 14.2 Å². The number of carbonyl (C=O) groups excluding carboxylic acids is 1. The second-order valence-corrected chi connectivity index (χ2v) is 12.4. The summed E-state index contributed by atoms with van der Waals surface area (Å²) in [6.45, 7) is 0. The molecule has 196 valence electrons. The molecular formula is C23H18F3IN2O6S2. The van der Waals surface area contributed by atoms with Gasteiger partial charge in [0.2, 0.25) is 0 Å². The molecule has 0 aliphatic heterocycles. The highest BCUT2D eigenvalue weighted by Gasteiger charge is 2.36. The minimum Gasteiger partial charge on any atom is -0.741 e. The van der Waals surface area contributed by atoms with E-state index in [1.165, 1.54) is 18.5 Å². The van der Waals surface area contributed by atoms with Crippen LogP contribution in [0.1, 0.15) is 10.4 Å². The van der Waals surface area contributed by atoms with Crippen molar-refractivity contribution in [3.63, 3.8) is 0 Å². The molecule has 3 aromatic carbocycles. The van der Waals surface area contributed by atoms with Crippen LogP contribution >= 0.6 is 11.3 Å². The number of nitrogens with one attached hydrogen (secondary N) is 1. The monoisotopic (exact) mass is 666 g/mol. The van der Waals surface area contributed by atoms with Gasteiger partial charge in [0.15, 0.2) is 22.4 Å². The van der Waals surface area contributed by atoms with Crippen molar-refractivity contribution >= 4 is 42.7 Å². The Kier molecular flexibility index (Phi) is 9.33. The van der Waals surface area contributed by atoms with Crippen LogP contribution < -0.4 is 36.0 Å². The van der Waals surface area contributed by atoms with Gasteiger partial charge in [0, 0.05) is 5.56 Å². The first-order valence-corrected chi connectivity index (χ1v) is 14.4. The largest absolute Gasteiger partial charge is 0.741 e. The van der Waals surface area contributed by atoms with Crippen molar-refractivity contribution in [1.29, 1.82) is 0 Å². The van der Waals surface area contributed by atoms with Crippen LogP contribution in [0.2, 0.25) is 0 Å². The van der Waals surface area contributed by atoms with Gasteiger partial charge in [-0.1, -0.05) is 11.3 Å². The van der Waals surface area contributed by atoms with Gasteiger partial charge in [0.05, 0.1) is 24.4 Å². The van der Waals surface area contributed by atoms with Crippen LogP contribution in [0.5, 0.6) is 11.5 Å². The van der Waals surface area contributed by atoms with Crippen molar-refractivity contribution in [3.8, 4) is 11.5 Å². The molecule has 0 spiro atoms. The molecular weight excluding hydrogens is 648 g/mol. The third kappa shape index (κ3) is 8.02. The van der Waals surface area contributed by atoms with Crippen molar-refractivity contribution < 1.29 is 61.6 Å². The van der Waals surface area contributed by atoms with Gasteiger partial charge in [-0.25, -0.2) is 13.4 Å². The summed E-state index contributed by atoms with van der Waals surface area (Å²) < 4.78 is 72.9. The van der Waals surface area contributed by atoms with Crippen molar-refractivity contribution in [2.75, 3.05) is 19.5 Å².